The van der Waals surface area contributed by atoms with Gasteiger partial charge in [0, 0.05) is 12.1 Å². The molecule has 0 saturated carbocycles. The van der Waals surface area contributed by atoms with E-state index in [4.69, 9.17) is 9.47 Å². The Morgan fingerprint density at radius 2 is 2.00 bits per heavy atom. The largest absolute Gasteiger partial charge is 0.496 e. The number of esters is 1. The maximum absolute atomic E-state index is 14.1. The van der Waals surface area contributed by atoms with Crippen molar-refractivity contribution in [2.45, 2.75) is 19.9 Å². The molecule has 2 aliphatic rings. The molecule has 10 heteroatoms. The molecule has 38 heavy (non-hydrogen) atoms. The zero-order valence-electron chi connectivity index (χ0n) is 21.0. The summed E-state index contributed by atoms with van der Waals surface area (Å²) < 4.78 is 13.1. The van der Waals surface area contributed by atoms with Crippen molar-refractivity contribution < 1.29 is 19.1 Å². The monoisotopic (exact) mass is 593 g/mol. The van der Waals surface area contributed by atoms with Crippen LogP contribution in [-0.2, 0) is 14.3 Å². The SMILES string of the molecule is C=CCN1C(=O)/C(=c2/sc3n(c2=O)[C@H](c2ccc(OC)c(Br)c2)C(C(=O)OCC)=C(C)N=3)c2ccccc21. The summed E-state index contributed by atoms with van der Waals surface area (Å²) in [5, 5.41) is 0. The summed E-state index contributed by atoms with van der Waals surface area (Å²) in [5.41, 5.74) is 2.69. The Balaban J connectivity index is 1.82. The van der Waals surface area contributed by atoms with Crippen LogP contribution in [0.1, 0.15) is 31.0 Å². The van der Waals surface area contributed by atoms with Crippen molar-refractivity contribution in [3.63, 3.8) is 0 Å². The van der Waals surface area contributed by atoms with Gasteiger partial charge >= 0.3 is 5.97 Å². The Morgan fingerprint density at radius 3 is 2.68 bits per heavy atom. The normalized spacial score (nSPS) is 17.6. The highest BCUT2D eigenvalue weighted by Gasteiger charge is 2.37. The first-order valence-electron chi connectivity index (χ1n) is 11.9. The number of para-hydroxylation sites is 1. The molecule has 0 fully saturated rings. The molecule has 1 amide bonds. The summed E-state index contributed by atoms with van der Waals surface area (Å²) in [6.07, 6.45) is 1.65. The van der Waals surface area contributed by atoms with Gasteiger partial charge in [0.05, 0.1) is 46.8 Å². The van der Waals surface area contributed by atoms with E-state index in [1.165, 1.54) is 4.57 Å². The van der Waals surface area contributed by atoms with Crippen LogP contribution < -0.4 is 24.5 Å². The number of methoxy groups -OCH3 is 1. The minimum absolute atomic E-state index is 0.174. The highest BCUT2D eigenvalue weighted by atomic mass is 79.9. The van der Waals surface area contributed by atoms with Gasteiger partial charge in [0.1, 0.15) is 10.3 Å². The molecule has 194 valence electrons. The van der Waals surface area contributed by atoms with Crippen LogP contribution in [0.25, 0.3) is 5.57 Å². The lowest BCUT2D eigenvalue weighted by atomic mass is 9.96. The smallest absolute Gasteiger partial charge is 0.338 e. The second-order valence-corrected chi connectivity index (χ2v) is 10.4. The van der Waals surface area contributed by atoms with E-state index in [1.54, 1.807) is 44.1 Å². The van der Waals surface area contributed by atoms with E-state index in [9.17, 15) is 14.4 Å². The molecule has 5 rings (SSSR count). The Morgan fingerprint density at radius 1 is 1.24 bits per heavy atom. The molecular weight excluding hydrogens is 570 g/mol. The Kier molecular flexibility index (Phi) is 6.93. The lowest BCUT2D eigenvalue weighted by molar-refractivity contribution is -0.139. The third-order valence-corrected chi connectivity index (χ3v) is 8.12. The van der Waals surface area contributed by atoms with Gasteiger partial charge in [-0.3, -0.25) is 14.2 Å². The molecule has 0 bridgehead atoms. The number of rotatable bonds is 6. The number of anilines is 1. The molecule has 1 atom stereocenters. The number of amides is 1. The van der Waals surface area contributed by atoms with Gasteiger partial charge < -0.3 is 14.4 Å². The molecule has 0 aliphatic carbocycles. The molecule has 2 aliphatic heterocycles. The van der Waals surface area contributed by atoms with Crippen LogP contribution in [0.4, 0.5) is 5.69 Å². The van der Waals surface area contributed by atoms with Crippen molar-refractivity contribution in [3.8, 4) is 5.75 Å². The maximum Gasteiger partial charge on any atom is 0.338 e. The van der Waals surface area contributed by atoms with E-state index in [2.05, 4.69) is 27.5 Å². The first-order chi connectivity index (χ1) is 18.3. The molecule has 0 unspecified atom stereocenters. The molecule has 3 heterocycles. The summed E-state index contributed by atoms with van der Waals surface area (Å²) >= 11 is 4.65. The number of ether oxygens (including phenoxy) is 2. The number of fused-ring (bicyclic) bond motifs is 2. The lowest BCUT2D eigenvalue weighted by Crippen LogP contribution is -2.41. The Hall–Kier alpha value is -3.76. The molecular formula is C28H24BrN3O5S. The minimum Gasteiger partial charge on any atom is -0.496 e. The van der Waals surface area contributed by atoms with Gasteiger partial charge in [0.2, 0.25) is 0 Å². The molecule has 0 spiro atoms. The van der Waals surface area contributed by atoms with Gasteiger partial charge in [0.15, 0.2) is 4.80 Å². The number of thiazole rings is 1. The summed E-state index contributed by atoms with van der Waals surface area (Å²) in [6, 6.07) is 11.9. The maximum atomic E-state index is 14.1. The van der Waals surface area contributed by atoms with Gasteiger partial charge in [-0.1, -0.05) is 41.7 Å². The van der Waals surface area contributed by atoms with E-state index in [1.807, 2.05) is 30.3 Å². The topological polar surface area (TPSA) is 90.2 Å². The first-order valence-corrected chi connectivity index (χ1v) is 13.5. The number of hydrogen-bond donors (Lipinski definition) is 0. The van der Waals surface area contributed by atoms with Crippen molar-refractivity contribution in [1.29, 1.82) is 0 Å². The van der Waals surface area contributed by atoms with Crippen molar-refractivity contribution in [2.75, 3.05) is 25.2 Å². The third-order valence-electron chi connectivity index (χ3n) is 6.45. The van der Waals surface area contributed by atoms with Gasteiger partial charge in [-0.25, -0.2) is 9.79 Å². The summed E-state index contributed by atoms with van der Waals surface area (Å²) in [7, 11) is 1.56. The number of allylic oxidation sites excluding steroid dienone is 1. The Bertz CT molecular complexity index is 1720. The number of aromatic nitrogens is 1. The second-order valence-electron chi connectivity index (χ2n) is 8.61. The number of hydrogen-bond acceptors (Lipinski definition) is 7. The molecule has 0 radical (unpaired) electrons. The quantitative estimate of drug-likeness (QED) is 0.322. The Labute approximate surface area is 231 Å². The van der Waals surface area contributed by atoms with E-state index in [0.717, 1.165) is 17.0 Å². The molecule has 8 nitrogen and oxygen atoms in total. The molecule has 3 aromatic rings. The van der Waals surface area contributed by atoms with Crippen LogP contribution in [-0.4, -0.2) is 36.7 Å². The zero-order valence-corrected chi connectivity index (χ0v) is 23.4. The second kappa shape index (κ2) is 10.2. The number of carbonyl (C=O) groups is 2. The van der Waals surface area contributed by atoms with Crippen molar-refractivity contribution in [2.24, 2.45) is 4.99 Å². The van der Waals surface area contributed by atoms with Crippen molar-refractivity contribution >= 4 is 50.4 Å². The predicted octanol–water partition coefficient (Wildman–Crippen LogP) is 3.47. The van der Waals surface area contributed by atoms with Crippen LogP contribution in [0.3, 0.4) is 0 Å². The fourth-order valence-electron chi connectivity index (χ4n) is 4.82. The van der Waals surface area contributed by atoms with Crippen LogP contribution in [0.2, 0.25) is 0 Å². The van der Waals surface area contributed by atoms with Gasteiger partial charge in [-0.2, -0.15) is 0 Å². The average Bonchev–Trinajstić information content (AvgIpc) is 3.36. The van der Waals surface area contributed by atoms with Gasteiger partial charge in [-0.05, 0) is 53.5 Å². The number of benzene rings is 2. The van der Waals surface area contributed by atoms with Crippen molar-refractivity contribution in [1.82, 2.24) is 4.57 Å². The van der Waals surface area contributed by atoms with E-state index < -0.39 is 17.6 Å². The fourth-order valence-corrected chi connectivity index (χ4v) is 6.51. The molecule has 2 aromatic carbocycles. The summed E-state index contributed by atoms with van der Waals surface area (Å²) in [4.78, 5) is 47.5. The van der Waals surface area contributed by atoms with E-state index >= 15 is 0 Å². The average molecular weight is 594 g/mol. The third kappa shape index (κ3) is 4.04. The minimum atomic E-state index is -0.808. The van der Waals surface area contributed by atoms with Crippen LogP contribution in [0.15, 0.2) is 80.6 Å². The lowest BCUT2D eigenvalue weighted by Gasteiger charge is -2.25. The molecule has 0 saturated heterocycles. The van der Waals surface area contributed by atoms with Gasteiger partial charge in [-0.15, -0.1) is 6.58 Å². The first kappa shape index (κ1) is 25.9. The van der Waals surface area contributed by atoms with Crippen LogP contribution in [0.5, 0.6) is 5.75 Å². The highest BCUT2D eigenvalue weighted by Crippen LogP contribution is 2.37. The number of halogens is 1. The zero-order chi connectivity index (χ0) is 27.1. The predicted molar refractivity (Wildman–Crippen MR) is 149 cm³/mol. The molecule has 1 aromatic heterocycles. The van der Waals surface area contributed by atoms with Crippen LogP contribution >= 0.6 is 27.3 Å². The summed E-state index contributed by atoms with van der Waals surface area (Å²) in [5.74, 6) is -0.221. The van der Waals surface area contributed by atoms with E-state index in [0.29, 0.717) is 44.0 Å². The summed E-state index contributed by atoms with van der Waals surface area (Å²) in [6.45, 7) is 7.70. The molecule has 0 N–H and O–H groups in total. The van der Waals surface area contributed by atoms with Crippen LogP contribution in [0, 0.1) is 0 Å². The number of carbonyl (C=O) groups excluding carboxylic acids is 2. The number of nitrogens with zero attached hydrogens (tertiary/aromatic N) is 3. The van der Waals surface area contributed by atoms with E-state index in [-0.39, 0.29) is 22.6 Å². The van der Waals surface area contributed by atoms with Crippen molar-refractivity contribution in [3.05, 3.63) is 102 Å². The standard InChI is InChI=1S/C28H24BrN3O5S/c1-5-13-31-19-10-8-7-9-17(19)22(25(31)33)24-26(34)32-23(16-11-12-20(36-4)18(29)14-16)21(27(35)37-6-2)15(3)30-28(32)38-24/h5,7-12,14,23H,1,6,13H2,2-4H3/b24-22+/t23-/m1/s1. The fraction of sp³-hybridized carbons (Fsp3) is 0.214. The van der Waals surface area contributed by atoms with Gasteiger partial charge in [0.25, 0.3) is 11.5 Å². The highest BCUT2D eigenvalue weighted by molar-refractivity contribution is 9.10.